The summed E-state index contributed by atoms with van der Waals surface area (Å²) in [6.45, 7) is -1.95. The Labute approximate surface area is 163 Å². The van der Waals surface area contributed by atoms with Gasteiger partial charge in [0.2, 0.25) is 5.91 Å². The van der Waals surface area contributed by atoms with E-state index in [0.717, 1.165) is 5.56 Å². The Morgan fingerprint density at radius 2 is 1.82 bits per heavy atom. The second kappa shape index (κ2) is 7.79. The fourth-order valence-corrected chi connectivity index (χ4v) is 3.55. The zero-order valence-corrected chi connectivity index (χ0v) is 15.3. The van der Waals surface area contributed by atoms with E-state index >= 15 is 0 Å². The molecule has 2 unspecified atom stereocenters. The average Bonchev–Trinajstić information content (AvgIpc) is 3.40. The van der Waals surface area contributed by atoms with E-state index in [1.54, 1.807) is 24.3 Å². The van der Waals surface area contributed by atoms with E-state index in [9.17, 15) is 28.1 Å². The second-order valence-electron chi connectivity index (χ2n) is 6.67. The van der Waals surface area contributed by atoms with E-state index in [1.165, 1.54) is 24.3 Å². The van der Waals surface area contributed by atoms with Crippen LogP contribution in [0.15, 0.2) is 48.5 Å². The average molecular weight is 413 g/mol. The molecule has 1 fully saturated rings. The number of carbonyl (C=O) groups is 1. The summed E-state index contributed by atoms with van der Waals surface area (Å²) >= 11 is 6.12. The number of amides is 1. The van der Waals surface area contributed by atoms with Gasteiger partial charge in [-0.15, -0.1) is 0 Å². The highest BCUT2D eigenvalue weighted by Crippen LogP contribution is 2.50. The summed E-state index contributed by atoms with van der Waals surface area (Å²) in [5.41, 5.74) is 0.459. The molecule has 2 atom stereocenters. The number of nitro benzene ring substituents is 1. The Morgan fingerprint density at radius 3 is 2.46 bits per heavy atom. The highest BCUT2D eigenvalue weighted by Gasteiger charge is 2.48. The van der Waals surface area contributed by atoms with Gasteiger partial charge in [-0.3, -0.25) is 14.9 Å². The maximum atomic E-state index is 13.0. The Balaban J connectivity index is 1.82. The predicted molar refractivity (Wildman–Crippen MR) is 96.9 cm³/mol. The number of para-hydroxylation sites is 1. The number of benzene rings is 2. The minimum absolute atomic E-state index is 0.0556. The van der Waals surface area contributed by atoms with Crippen LogP contribution >= 0.6 is 11.6 Å². The smallest absolute Gasteiger partial charge is 0.329 e. The molecule has 0 radical (unpaired) electrons. The Hall–Kier alpha value is -2.61. The number of halogens is 4. The molecule has 0 aliphatic heterocycles. The Bertz CT molecular complexity index is 904. The van der Waals surface area contributed by atoms with Crippen LogP contribution in [0.4, 0.5) is 18.9 Å². The topological polar surface area (TPSA) is 63.5 Å². The van der Waals surface area contributed by atoms with E-state index in [1.807, 2.05) is 0 Å². The van der Waals surface area contributed by atoms with Crippen molar-refractivity contribution in [2.45, 2.75) is 25.1 Å². The molecular weight excluding hydrogens is 397 g/mol. The highest BCUT2D eigenvalue weighted by atomic mass is 35.5. The molecule has 3 rings (SSSR count). The van der Waals surface area contributed by atoms with E-state index < -0.39 is 36.0 Å². The molecule has 0 aromatic heterocycles. The van der Waals surface area contributed by atoms with Crippen LogP contribution in [0.3, 0.4) is 0 Å². The first-order chi connectivity index (χ1) is 13.2. The molecule has 0 bridgehead atoms. The third-order valence-electron chi connectivity index (χ3n) is 4.64. The fourth-order valence-electron chi connectivity index (χ4n) is 3.28. The molecule has 1 saturated carbocycles. The molecule has 2 aromatic rings. The van der Waals surface area contributed by atoms with Crippen molar-refractivity contribution in [1.82, 2.24) is 4.90 Å². The summed E-state index contributed by atoms with van der Waals surface area (Å²) in [6, 6.07) is 12.4. The van der Waals surface area contributed by atoms with Crippen molar-refractivity contribution in [3.05, 3.63) is 74.8 Å². The lowest BCUT2D eigenvalue weighted by Crippen LogP contribution is -2.39. The minimum Gasteiger partial charge on any atom is -0.329 e. The number of nitro groups is 1. The molecule has 5 nitrogen and oxygen atoms in total. The third-order valence-corrected chi connectivity index (χ3v) is 4.99. The second-order valence-corrected chi connectivity index (χ2v) is 7.07. The predicted octanol–water partition coefficient (Wildman–Crippen LogP) is 4.94. The zero-order chi connectivity index (χ0) is 20.5. The molecule has 148 valence electrons. The Kier molecular flexibility index (Phi) is 5.60. The summed E-state index contributed by atoms with van der Waals surface area (Å²) in [5, 5.41) is 11.6. The highest BCUT2D eigenvalue weighted by molar-refractivity contribution is 6.31. The lowest BCUT2D eigenvalue weighted by Gasteiger charge is -2.24. The van der Waals surface area contributed by atoms with Crippen LogP contribution in [0.25, 0.3) is 0 Å². The van der Waals surface area contributed by atoms with Crippen LogP contribution < -0.4 is 0 Å². The van der Waals surface area contributed by atoms with Crippen LogP contribution in [0.1, 0.15) is 23.5 Å². The van der Waals surface area contributed by atoms with Crippen LogP contribution in [0.2, 0.25) is 5.02 Å². The normalized spacial score (nSPS) is 18.6. The first kappa shape index (κ1) is 20.1. The molecule has 0 spiro atoms. The molecular formula is C19H16ClF3N2O3. The monoisotopic (exact) mass is 412 g/mol. The van der Waals surface area contributed by atoms with Gasteiger partial charge in [-0.2, -0.15) is 13.2 Å². The van der Waals surface area contributed by atoms with Gasteiger partial charge < -0.3 is 4.90 Å². The van der Waals surface area contributed by atoms with Gasteiger partial charge in [-0.05, 0) is 24.0 Å². The summed E-state index contributed by atoms with van der Waals surface area (Å²) in [6.07, 6.45) is -4.22. The molecule has 1 aliphatic carbocycles. The van der Waals surface area contributed by atoms with Gasteiger partial charge in [0.15, 0.2) is 0 Å². The minimum atomic E-state index is -4.62. The number of carbonyl (C=O) groups excluding carboxylic acids is 1. The number of hydrogen-bond donors (Lipinski definition) is 0. The molecule has 1 amide bonds. The lowest BCUT2D eigenvalue weighted by atomic mass is 10.1. The van der Waals surface area contributed by atoms with E-state index in [-0.39, 0.29) is 17.2 Å². The summed E-state index contributed by atoms with van der Waals surface area (Å²) in [7, 11) is 0. The summed E-state index contributed by atoms with van der Waals surface area (Å²) < 4.78 is 39.1. The first-order valence-electron chi connectivity index (χ1n) is 8.49. The van der Waals surface area contributed by atoms with Crippen LogP contribution in [-0.4, -0.2) is 28.5 Å². The van der Waals surface area contributed by atoms with Crippen molar-refractivity contribution in [3.63, 3.8) is 0 Å². The van der Waals surface area contributed by atoms with Crippen LogP contribution in [0, 0.1) is 16.0 Å². The van der Waals surface area contributed by atoms with Crippen molar-refractivity contribution in [3.8, 4) is 0 Å². The summed E-state index contributed by atoms with van der Waals surface area (Å²) in [5.74, 6) is -1.55. The van der Waals surface area contributed by atoms with Gasteiger partial charge in [0.25, 0.3) is 5.69 Å². The third kappa shape index (κ3) is 4.62. The number of rotatable bonds is 6. The van der Waals surface area contributed by atoms with Crippen LogP contribution in [-0.2, 0) is 11.3 Å². The van der Waals surface area contributed by atoms with Crippen molar-refractivity contribution in [2.24, 2.45) is 5.92 Å². The maximum absolute atomic E-state index is 13.0. The van der Waals surface area contributed by atoms with Gasteiger partial charge in [0.1, 0.15) is 6.54 Å². The molecule has 0 saturated heterocycles. The van der Waals surface area contributed by atoms with Gasteiger partial charge >= 0.3 is 6.18 Å². The molecule has 0 heterocycles. The van der Waals surface area contributed by atoms with Crippen molar-refractivity contribution < 1.29 is 22.9 Å². The van der Waals surface area contributed by atoms with Gasteiger partial charge in [0.05, 0.1) is 11.5 Å². The fraction of sp³-hybridized carbons (Fsp3) is 0.316. The zero-order valence-electron chi connectivity index (χ0n) is 14.5. The van der Waals surface area contributed by atoms with Crippen molar-refractivity contribution in [2.75, 3.05) is 6.54 Å². The first-order valence-corrected chi connectivity index (χ1v) is 8.87. The molecule has 1 aliphatic rings. The van der Waals surface area contributed by atoms with Gasteiger partial charge in [0, 0.05) is 22.6 Å². The molecule has 28 heavy (non-hydrogen) atoms. The van der Waals surface area contributed by atoms with E-state index in [2.05, 4.69) is 0 Å². The number of alkyl halides is 3. The summed E-state index contributed by atoms with van der Waals surface area (Å²) in [4.78, 5) is 23.9. The molecule has 9 heteroatoms. The van der Waals surface area contributed by atoms with Crippen molar-refractivity contribution in [1.29, 1.82) is 0 Å². The van der Waals surface area contributed by atoms with Crippen molar-refractivity contribution >= 4 is 23.2 Å². The van der Waals surface area contributed by atoms with E-state index in [0.29, 0.717) is 16.3 Å². The Morgan fingerprint density at radius 1 is 1.18 bits per heavy atom. The quantitative estimate of drug-likeness (QED) is 0.498. The SMILES string of the molecule is O=C(C1CC1c1ccccc1Cl)N(Cc1ccccc1[N+](=O)[O-])CC(F)(F)F. The number of hydrogen-bond acceptors (Lipinski definition) is 3. The largest absolute Gasteiger partial charge is 0.406 e. The maximum Gasteiger partial charge on any atom is 0.406 e. The van der Waals surface area contributed by atoms with Gasteiger partial charge in [-0.25, -0.2) is 0 Å². The number of nitrogens with zero attached hydrogens (tertiary/aromatic N) is 2. The molecule has 0 N–H and O–H groups in total. The van der Waals surface area contributed by atoms with E-state index in [4.69, 9.17) is 11.6 Å². The molecule has 2 aromatic carbocycles. The standard InChI is InChI=1S/C19H16ClF3N2O3/c20-16-7-3-2-6-13(16)14-9-15(14)18(26)24(11-19(21,22)23)10-12-5-1-4-8-17(12)25(27)28/h1-8,14-15H,9-11H2. The van der Waals surface area contributed by atoms with Gasteiger partial charge in [-0.1, -0.05) is 48.0 Å². The van der Waals surface area contributed by atoms with Crippen LogP contribution in [0.5, 0.6) is 0 Å². The lowest BCUT2D eigenvalue weighted by molar-refractivity contribution is -0.385.